The third-order valence-electron chi connectivity index (χ3n) is 7.47. The number of nitrogens with zero attached hydrogens (tertiary/aromatic N) is 1. The van der Waals surface area contributed by atoms with Crippen LogP contribution in [0.4, 0.5) is 0 Å². The number of hydrogen-bond acceptors (Lipinski definition) is 5. The van der Waals surface area contributed by atoms with Crippen molar-refractivity contribution < 1.29 is 19.2 Å². The molecule has 216 valence electrons. The van der Waals surface area contributed by atoms with Crippen LogP contribution in [0, 0.1) is 29.1 Å². The summed E-state index contributed by atoms with van der Waals surface area (Å²) in [7, 11) is 0. The molecule has 0 aliphatic heterocycles. The first-order valence-electron chi connectivity index (χ1n) is 15.0. The van der Waals surface area contributed by atoms with Crippen LogP contribution in [0.15, 0.2) is 0 Å². The van der Waals surface area contributed by atoms with Crippen LogP contribution < -0.4 is 16.0 Å². The van der Waals surface area contributed by atoms with Gasteiger partial charge in [-0.1, -0.05) is 72.1 Å². The maximum Gasteiger partial charge on any atom is 0.289 e. The molecule has 3 unspecified atom stereocenters. The molecule has 1 aliphatic carbocycles. The molecule has 3 N–H and O–H groups in total. The van der Waals surface area contributed by atoms with Crippen LogP contribution in [-0.2, 0) is 19.2 Å². The van der Waals surface area contributed by atoms with E-state index in [1.807, 2.05) is 20.8 Å². The molecule has 0 bridgehead atoms. The summed E-state index contributed by atoms with van der Waals surface area (Å²) in [5.74, 6) is -1.44. The number of nitriles is 1. The first-order chi connectivity index (χ1) is 18.2. The molecule has 1 fully saturated rings. The van der Waals surface area contributed by atoms with Gasteiger partial charge in [-0.25, -0.2) is 0 Å². The molecule has 1 rings (SSSR count). The highest BCUT2D eigenvalue weighted by atomic mass is 16.2. The van der Waals surface area contributed by atoms with E-state index in [9.17, 15) is 19.2 Å². The van der Waals surface area contributed by atoms with Crippen molar-refractivity contribution in [1.82, 2.24) is 16.0 Å². The third kappa shape index (κ3) is 12.9. The summed E-state index contributed by atoms with van der Waals surface area (Å²) in [4.78, 5) is 51.6. The van der Waals surface area contributed by atoms with E-state index in [2.05, 4.69) is 22.0 Å². The van der Waals surface area contributed by atoms with Gasteiger partial charge in [0.1, 0.15) is 6.04 Å². The fraction of sp³-hybridized carbons (Fsp3) is 0.833. The van der Waals surface area contributed by atoms with E-state index in [0.29, 0.717) is 38.1 Å². The maximum absolute atomic E-state index is 13.5. The van der Waals surface area contributed by atoms with Gasteiger partial charge in [0.25, 0.3) is 5.91 Å². The minimum Gasteiger partial charge on any atom is -0.350 e. The fourth-order valence-electron chi connectivity index (χ4n) is 5.43. The fourth-order valence-corrected chi connectivity index (χ4v) is 5.43. The number of carbonyl (C=O) groups is 4. The first kappa shape index (κ1) is 33.6. The number of amides is 3. The predicted molar refractivity (Wildman–Crippen MR) is 150 cm³/mol. The van der Waals surface area contributed by atoms with E-state index >= 15 is 0 Å². The topological polar surface area (TPSA) is 128 Å². The Labute approximate surface area is 230 Å². The molecule has 3 atom stereocenters. The Hall–Kier alpha value is -2.43. The van der Waals surface area contributed by atoms with Crippen LogP contribution in [0.3, 0.4) is 0 Å². The monoisotopic (exact) mass is 532 g/mol. The summed E-state index contributed by atoms with van der Waals surface area (Å²) >= 11 is 0. The zero-order valence-corrected chi connectivity index (χ0v) is 24.3. The van der Waals surface area contributed by atoms with Gasteiger partial charge in [0.15, 0.2) is 0 Å². The summed E-state index contributed by atoms with van der Waals surface area (Å²) in [6.45, 7) is 7.92. The van der Waals surface area contributed by atoms with Gasteiger partial charge in [-0.2, -0.15) is 5.26 Å². The van der Waals surface area contributed by atoms with E-state index < -0.39 is 29.7 Å². The second kappa shape index (κ2) is 19.6. The largest absolute Gasteiger partial charge is 0.350 e. The molecule has 0 saturated heterocycles. The zero-order chi connectivity index (χ0) is 28.3. The normalized spacial score (nSPS) is 15.9. The standard InChI is InChI=1S/C30H52N4O4/c1-5-16-25(29(37)34-26(21-22(3)4)27(35)30(38)32-6-2)33-28(36)24(23-17-13-14-18-23)19-12-10-8-7-9-11-15-20-31/h22-26H,5-19,21H2,1-4H3,(H,32,38)(H,33,36)(H,34,37). The van der Waals surface area contributed by atoms with E-state index in [0.717, 1.165) is 70.6 Å². The summed E-state index contributed by atoms with van der Waals surface area (Å²) in [5.41, 5.74) is 0. The van der Waals surface area contributed by atoms with E-state index in [-0.39, 0.29) is 17.7 Å². The lowest BCUT2D eigenvalue weighted by Crippen LogP contribution is -2.55. The second-order valence-corrected chi connectivity index (χ2v) is 11.2. The zero-order valence-electron chi connectivity index (χ0n) is 24.3. The smallest absolute Gasteiger partial charge is 0.289 e. The number of likely N-dealkylation sites (N-methyl/N-ethyl adjacent to an activating group) is 1. The number of Topliss-reactive ketones (excluding diaryl/α,β-unsaturated/α-hetero) is 1. The van der Waals surface area contributed by atoms with Gasteiger partial charge in [0.05, 0.1) is 12.1 Å². The minimum atomic E-state index is -0.913. The van der Waals surface area contributed by atoms with Crippen LogP contribution in [0.5, 0.6) is 0 Å². The van der Waals surface area contributed by atoms with Gasteiger partial charge in [0.2, 0.25) is 17.6 Å². The number of carbonyl (C=O) groups excluding carboxylic acids is 4. The molecule has 0 aromatic carbocycles. The summed E-state index contributed by atoms with van der Waals surface area (Å²) in [5, 5.41) is 17.0. The minimum absolute atomic E-state index is 0.0602. The highest BCUT2D eigenvalue weighted by Crippen LogP contribution is 2.34. The van der Waals surface area contributed by atoms with E-state index in [1.165, 1.54) is 0 Å². The third-order valence-corrected chi connectivity index (χ3v) is 7.47. The van der Waals surface area contributed by atoms with Crippen molar-refractivity contribution in [2.24, 2.45) is 17.8 Å². The predicted octanol–water partition coefficient (Wildman–Crippen LogP) is 4.96. The van der Waals surface area contributed by atoms with E-state index in [4.69, 9.17) is 5.26 Å². The lowest BCUT2D eigenvalue weighted by molar-refractivity contribution is -0.140. The molecule has 0 spiro atoms. The van der Waals surface area contributed by atoms with Crippen molar-refractivity contribution in [3.8, 4) is 6.07 Å². The Kier molecular flexibility index (Phi) is 17.3. The Morgan fingerprint density at radius 2 is 1.45 bits per heavy atom. The molecule has 1 aliphatic rings. The molecule has 1 saturated carbocycles. The summed E-state index contributed by atoms with van der Waals surface area (Å²) < 4.78 is 0. The summed E-state index contributed by atoms with van der Waals surface area (Å²) in [6, 6.07) is 0.546. The lowest BCUT2D eigenvalue weighted by Gasteiger charge is -2.27. The average molecular weight is 533 g/mol. The average Bonchev–Trinajstić information content (AvgIpc) is 3.41. The van der Waals surface area contributed by atoms with Crippen LogP contribution in [0.25, 0.3) is 0 Å². The SMILES string of the molecule is CCCC(NC(=O)C(CCCCCCCCC#N)C1CCCC1)C(=O)NC(CC(C)C)C(=O)C(=O)NCC. The molecular weight excluding hydrogens is 480 g/mol. The van der Waals surface area contributed by atoms with Crippen molar-refractivity contribution in [3.05, 3.63) is 0 Å². The first-order valence-corrected chi connectivity index (χ1v) is 15.0. The Balaban J connectivity index is 2.80. The Morgan fingerprint density at radius 1 is 0.842 bits per heavy atom. The maximum atomic E-state index is 13.5. The second-order valence-electron chi connectivity index (χ2n) is 11.2. The van der Waals surface area contributed by atoms with Crippen molar-refractivity contribution in [3.63, 3.8) is 0 Å². The number of nitrogens with one attached hydrogen (secondary N) is 3. The molecule has 0 radical (unpaired) electrons. The Morgan fingerprint density at radius 3 is 2.03 bits per heavy atom. The van der Waals surface area contributed by atoms with Gasteiger partial charge < -0.3 is 16.0 Å². The number of ketones is 1. The van der Waals surface area contributed by atoms with E-state index in [1.54, 1.807) is 6.92 Å². The van der Waals surface area contributed by atoms with Crippen LogP contribution in [0.2, 0.25) is 0 Å². The molecule has 3 amide bonds. The van der Waals surface area contributed by atoms with Crippen molar-refractivity contribution in [2.75, 3.05) is 6.54 Å². The van der Waals surface area contributed by atoms with Crippen LogP contribution >= 0.6 is 0 Å². The van der Waals surface area contributed by atoms with Crippen LogP contribution in [-0.4, -0.2) is 42.1 Å². The lowest BCUT2D eigenvalue weighted by atomic mass is 9.85. The highest BCUT2D eigenvalue weighted by molar-refractivity contribution is 6.38. The van der Waals surface area contributed by atoms with Crippen molar-refractivity contribution in [2.45, 2.75) is 136 Å². The number of hydrogen-bond donors (Lipinski definition) is 3. The molecule has 38 heavy (non-hydrogen) atoms. The van der Waals surface area contributed by atoms with Crippen molar-refractivity contribution in [1.29, 1.82) is 5.26 Å². The molecule has 0 heterocycles. The van der Waals surface area contributed by atoms with Gasteiger partial charge in [-0.05, 0) is 57.3 Å². The number of unbranched alkanes of at least 4 members (excludes halogenated alkanes) is 6. The summed E-state index contributed by atoms with van der Waals surface area (Å²) in [6.07, 6.45) is 13.7. The number of rotatable bonds is 20. The molecule has 8 nitrogen and oxygen atoms in total. The Bertz CT molecular complexity index is 771. The van der Waals surface area contributed by atoms with Crippen LogP contribution in [0.1, 0.15) is 124 Å². The van der Waals surface area contributed by atoms with Gasteiger partial charge in [-0.15, -0.1) is 0 Å². The molecule has 0 aromatic rings. The highest BCUT2D eigenvalue weighted by Gasteiger charge is 2.34. The molecule has 0 aromatic heterocycles. The molecular formula is C30H52N4O4. The van der Waals surface area contributed by atoms with Gasteiger partial charge >= 0.3 is 0 Å². The van der Waals surface area contributed by atoms with Crippen molar-refractivity contribution >= 4 is 23.5 Å². The molecule has 8 heteroatoms. The quantitative estimate of drug-likeness (QED) is 0.151. The van der Waals surface area contributed by atoms with Gasteiger partial charge in [0, 0.05) is 18.9 Å². The van der Waals surface area contributed by atoms with Gasteiger partial charge in [-0.3, -0.25) is 19.2 Å².